The Morgan fingerprint density at radius 2 is 2.05 bits per heavy atom. The number of nitrogens with two attached hydrogens (primary N) is 1. The van der Waals surface area contributed by atoms with Crippen molar-refractivity contribution in [3.63, 3.8) is 0 Å². The van der Waals surface area contributed by atoms with Gasteiger partial charge in [-0.3, -0.25) is 0 Å². The van der Waals surface area contributed by atoms with E-state index in [0.717, 1.165) is 11.3 Å². The van der Waals surface area contributed by atoms with Crippen molar-refractivity contribution >= 4 is 21.4 Å². The molecule has 2 aromatic rings. The van der Waals surface area contributed by atoms with Crippen molar-refractivity contribution in [2.45, 2.75) is 29.8 Å². The molecule has 0 saturated heterocycles. The Morgan fingerprint density at radius 3 is 2.70 bits per heavy atom. The first-order valence-electron chi connectivity index (χ1n) is 6.45. The van der Waals surface area contributed by atoms with E-state index < -0.39 is 10.0 Å². The van der Waals surface area contributed by atoms with Crippen molar-refractivity contribution in [3.05, 3.63) is 52.2 Å². The van der Waals surface area contributed by atoms with E-state index in [0.29, 0.717) is 17.4 Å². The van der Waals surface area contributed by atoms with Gasteiger partial charge in [-0.05, 0) is 18.1 Å². The number of thiophene rings is 1. The lowest BCUT2D eigenvalue weighted by Crippen LogP contribution is -2.26. The maximum atomic E-state index is 12.2. The molecule has 6 heteroatoms. The minimum absolute atomic E-state index is 0.00336. The lowest BCUT2D eigenvalue weighted by atomic mass is 10.1. The normalized spacial score (nSPS) is 21.9. The highest BCUT2D eigenvalue weighted by molar-refractivity contribution is 7.89. The van der Waals surface area contributed by atoms with E-state index in [1.807, 2.05) is 30.3 Å². The van der Waals surface area contributed by atoms with Crippen molar-refractivity contribution in [3.8, 4) is 0 Å². The van der Waals surface area contributed by atoms with Crippen LogP contribution in [0, 0.1) is 0 Å². The molecule has 1 aliphatic rings. The maximum Gasteiger partial charge on any atom is 0.241 e. The maximum absolute atomic E-state index is 12.2. The molecule has 1 aromatic carbocycles. The summed E-state index contributed by atoms with van der Waals surface area (Å²) in [6, 6.07) is 11.6. The number of hydrogen-bond acceptors (Lipinski definition) is 4. The molecule has 106 valence electrons. The summed E-state index contributed by atoms with van der Waals surface area (Å²) in [5.74, 6) is 0.290. The topological polar surface area (TPSA) is 72.2 Å². The minimum atomic E-state index is -3.42. The first kappa shape index (κ1) is 13.8. The zero-order valence-corrected chi connectivity index (χ0v) is 12.5. The van der Waals surface area contributed by atoms with E-state index in [2.05, 4.69) is 4.72 Å². The summed E-state index contributed by atoms with van der Waals surface area (Å²) in [6.07, 6.45) is 0.858. The molecular formula is C14H16N2O2S2. The number of hydrogen-bond donors (Lipinski definition) is 2. The molecular weight excluding hydrogens is 292 g/mol. The zero-order valence-electron chi connectivity index (χ0n) is 10.8. The van der Waals surface area contributed by atoms with Crippen LogP contribution in [0.25, 0.3) is 0 Å². The van der Waals surface area contributed by atoms with Crippen molar-refractivity contribution in [1.29, 1.82) is 0 Å². The smallest absolute Gasteiger partial charge is 0.241 e. The Hall–Kier alpha value is -1.21. The third kappa shape index (κ3) is 2.78. The van der Waals surface area contributed by atoms with E-state index in [1.165, 1.54) is 16.9 Å². The molecule has 1 fully saturated rings. The first-order valence-corrected chi connectivity index (χ1v) is 8.81. The van der Waals surface area contributed by atoms with Gasteiger partial charge in [-0.25, -0.2) is 13.1 Å². The zero-order chi connectivity index (χ0) is 14.2. The fourth-order valence-corrected chi connectivity index (χ4v) is 4.71. The van der Waals surface area contributed by atoms with Gasteiger partial charge in [0.2, 0.25) is 10.0 Å². The van der Waals surface area contributed by atoms with Gasteiger partial charge >= 0.3 is 0 Å². The molecule has 0 amide bonds. The van der Waals surface area contributed by atoms with Gasteiger partial charge in [-0.2, -0.15) is 0 Å². The highest BCUT2D eigenvalue weighted by atomic mass is 32.2. The molecule has 1 saturated carbocycles. The summed E-state index contributed by atoms with van der Waals surface area (Å²) in [5.41, 5.74) is 6.70. The minimum Gasteiger partial charge on any atom is -0.326 e. The van der Waals surface area contributed by atoms with E-state index in [9.17, 15) is 8.42 Å². The lowest BCUT2D eigenvalue weighted by Gasteiger charge is -2.04. The molecule has 0 aliphatic heterocycles. The molecule has 3 rings (SSSR count). The van der Waals surface area contributed by atoms with Crippen LogP contribution in [0.2, 0.25) is 0 Å². The third-order valence-electron chi connectivity index (χ3n) is 3.47. The monoisotopic (exact) mass is 308 g/mol. The van der Waals surface area contributed by atoms with Gasteiger partial charge < -0.3 is 5.73 Å². The molecule has 2 unspecified atom stereocenters. The number of benzene rings is 1. The molecule has 4 nitrogen and oxygen atoms in total. The lowest BCUT2D eigenvalue weighted by molar-refractivity contribution is 0.580. The van der Waals surface area contributed by atoms with Gasteiger partial charge in [0, 0.05) is 28.8 Å². The van der Waals surface area contributed by atoms with Crippen LogP contribution >= 0.6 is 11.3 Å². The molecule has 2 atom stereocenters. The summed E-state index contributed by atoms with van der Waals surface area (Å²) < 4.78 is 27.3. The highest BCUT2D eigenvalue weighted by Crippen LogP contribution is 2.41. The van der Waals surface area contributed by atoms with Crippen LogP contribution in [-0.2, 0) is 16.6 Å². The van der Waals surface area contributed by atoms with Gasteiger partial charge in [0.15, 0.2) is 0 Å². The Bertz CT molecular complexity index is 695. The quantitative estimate of drug-likeness (QED) is 0.888. The van der Waals surface area contributed by atoms with Crippen LogP contribution in [-0.4, -0.2) is 14.5 Å². The first-order chi connectivity index (χ1) is 9.60. The van der Waals surface area contributed by atoms with Crippen LogP contribution < -0.4 is 10.5 Å². The second-order valence-corrected chi connectivity index (χ2v) is 7.64. The molecule has 1 aliphatic carbocycles. The highest BCUT2D eigenvalue weighted by Gasteiger charge is 2.41. The molecule has 0 spiro atoms. The van der Waals surface area contributed by atoms with Gasteiger partial charge in [0.1, 0.15) is 0 Å². The largest absolute Gasteiger partial charge is 0.326 e. The SMILES string of the molecule is NCc1cc(S(=O)(=O)NC2CC2c2ccccc2)cs1. The predicted molar refractivity (Wildman–Crippen MR) is 80.1 cm³/mol. The van der Waals surface area contributed by atoms with Gasteiger partial charge in [0.05, 0.1) is 4.90 Å². The summed E-state index contributed by atoms with van der Waals surface area (Å²) in [6.45, 7) is 0.371. The standard InChI is InChI=1S/C14H16N2O2S2/c15-8-11-6-12(9-19-11)20(17,18)16-14-7-13(14)10-4-2-1-3-5-10/h1-6,9,13-14,16H,7-8,15H2. The number of sulfonamides is 1. The van der Waals surface area contributed by atoms with Gasteiger partial charge in [-0.1, -0.05) is 30.3 Å². The molecule has 1 aromatic heterocycles. The van der Waals surface area contributed by atoms with E-state index in [-0.39, 0.29) is 6.04 Å². The average Bonchev–Trinajstić information content (AvgIpc) is 3.02. The predicted octanol–water partition coefficient (Wildman–Crippen LogP) is 2.04. The Morgan fingerprint density at radius 1 is 1.30 bits per heavy atom. The molecule has 0 bridgehead atoms. The molecule has 20 heavy (non-hydrogen) atoms. The van der Waals surface area contributed by atoms with Crippen LogP contribution in [0.5, 0.6) is 0 Å². The van der Waals surface area contributed by atoms with Crippen LogP contribution in [0.1, 0.15) is 22.8 Å². The van der Waals surface area contributed by atoms with E-state index in [4.69, 9.17) is 5.73 Å². The van der Waals surface area contributed by atoms with Crippen molar-refractivity contribution in [1.82, 2.24) is 4.72 Å². The molecule has 0 radical (unpaired) electrons. The van der Waals surface area contributed by atoms with Crippen molar-refractivity contribution < 1.29 is 8.42 Å². The second-order valence-electron chi connectivity index (χ2n) is 4.93. The summed E-state index contributed by atoms with van der Waals surface area (Å²) >= 11 is 1.38. The van der Waals surface area contributed by atoms with Gasteiger partial charge in [0.25, 0.3) is 0 Å². The van der Waals surface area contributed by atoms with Crippen molar-refractivity contribution in [2.24, 2.45) is 5.73 Å². The van der Waals surface area contributed by atoms with E-state index in [1.54, 1.807) is 11.4 Å². The summed E-state index contributed by atoms with van der Waals surface area (Å²) in [5, 5.41) is 1.64. The van der Waals surface area contributed by atoms with Crippen LogP contribution in [0.4, 0.5) is 0 Å². The van der Waals surface area contributed by atoms with Crippen molar-refractivity contribution in [2.75, 3.05) is 0 Å². The van der Waals surface area contributed by atoms with Crippen LogP contribution in [0.15, 0.2) is 46.7 Å². The average molecular weight is 308 g/mol. The molecule has 3 N–H and O–H groups in total. The fourth-order valence-electron chi connectivity index (χ4n) is 2.27. The Labute approximate surface area is 122 Å². The third-order valence-corrected chi connectivity index (χ3v) is 6.04. The summed E-state index contributed by atoms with van der Waals surface area (Å²) in [7, 11) is -3.42. The Balaban J connectivity index is 1.70. The summed E-state index contributed by atoms with van der Waals surface area (Å²) in [4.78, 5) is 1.20. The van der Waals surface area contributed by atoms with Gasteiger partial charge in [-0.15, -0.1) is 11.3 Å². The number of rotatable bonds is 5. The molecule has 1 heterocycles. The van der Waals surface area contributed by atoms with Crippen LogP contribution in [0.3, 0.4) is 0 Å². The Kier molecular flexibility index (Phi) is 3.64. The fraction of sp³-hybridized carbons (Fsp3) is 0.286. The number of nitrogens with one attached hydrogen (secondary N) is 1. The van der Waals surface area contributed by atoms with E-state index >= 15 is 0 Å². The second kappa shape index (κ2) is 5.29.